The number of piperidine rings is 2. The summed E-state index contributed by atoms with van der Waals surface area (Å²) in [6.45, 7) is 12.6. The second-order valence-electron chi connectivity index (χ2n) is 12.7. The van der Waals surface area contributed by atoms with Gasteiger partial charge in [-0.05, 0) is 80.1 Å². The molecule has 2 N–H and O–H groups in total. The van der Waals surface area contributed by atoms with Crippen LogP contribution in [-0.4, -0.2) is 94.8 Å². The summed E-state index contributed by atoms with van der Waals surface area (Å²) in [7, 11) is 0. The highest BCUT2D eigenvalue weighted by Crippen LogP contribution is 2.39. The summed E-state index contributed by atoms with van der Waals surface area (Å²) < 4.78 is 22.2. The largest absolute Gasteiger partial charge is 0.444 e. The van der Waals surface area contributed by atoms with Gasteiger partial charge in [-0.25, -0.2) is 19.2 Å². The lowest BCUT2D eigenvalue weighted by atomic mass is 9.79. The van der Waals surface area contributed by atoms with Crippen molar-refractivity contribution in [3.8, 4) is 0 Å². The van der Waals surface area contributed by atoms with Crippen molar-refractivity contribution in [2.24, 2.45) is 0 Å². The first-order valence-corrected chi connectivity index (χ1v) is 13.6. The Labute approximate surface area is 224 Å². The monoisotopic (exact) mass is 538 g/mol. The summed E-state index contributed by atoms with van der Waals surface area (Å²) >= 11 is 0. The molecule has 2 spiro atoms. The number of nitrogens with zero attached hydrogens (tertiary/aromatic N) is 2. The molecule has 0 saturated carbocycles. The Kier molecular flexibility index (Phi) is 7.61. The van der Waals surface area contributed by atoms with Gasteiger partial charge in [0.2, 0.25) is 0 Å². The first-order chi connectivity index (χ1) is 17.7. The molecule has 4 saturated heterocycles. The number of carbonyl (C=O) groups excluding carboxylic acids is 4. The second-order valence-corrected chi connectivity index (χ2v) is 12.7. The molecular formula is C26H42N4O8. The molecular weight excluding hydrogens is 496 g/mol. The van der Waals surface area contributed by atoms with Crippen LogP contribution in [0.3, 0.4) is 0 Å². The lowest BCUT2D eigenvalue weighted by Crippen LogP contribution is -2.79. The van der Waals surface area contributed by atoms with Crippen molar-refractivity contribution in [1.82, 2.24) is 20.4 Å². The van der Waals surface area contributed by atoms with Crippen LogP contribution in [0.4, 0.5) is 9.59 Å². The molecule has 4 fully saturated rings. The number of carbonyl (C=O) groups is 4. The van der Waals surface area contributed by atoms with E-state index in [1.165, 1.54) is 0 Å². The fourth-order valence-corrected chi connectivity index (χ4v) is 5.67. The van der Waals surface area contributed by atoms with Crippen LogP contribution in [0.5, 0.6) is 0 Å². The van der Waals surface area contributed by atoms with Crippen LogP contribution in [0.15, 0.2) is 0 Å². The number of hydrogen-bond donors (Lipinski definition) is 2. The lowest BCUT2D eigenvalue weighted by molar-refractivity contribution is -0.203. The Bertz CT molecular complexity index is 884. The van der Waals surface area contributed by atoms with E-state index in [4.69, 9.17) is 18.9 Å². The van der Waals surface area contributed by atoms with Crippen molar-refractivity contribution in [3.63, 3.8) is 0 Å². The normalized spacial score (nSPS) is 31.2. The molecule has 0 aromatic rings. The van der Waals surface area contributed by atoms with Crippen molar-refractivity contribution < 1.29 is 38.1 Å². The van der Waals surface area contributed by atoms with Gasteiger partial charge in [-0.2, -0.15) is 0 Å². The Morgan fingerprint density at radius 3 is 1.32 bits per heavy atom. The molecule has 4 heterocycles. The zero-order chi connectivity index (χ0) is 27.9. The van der Waals surface area contributed by atoms with Gasteiger partial charge in [-0.15, -0.1) is 0 Å². The Hall–Kier alpha value is -2.60. The number of nitrogens with one attached hydrogen (secondary N) is 2. The van der Waals surface area contributed by atoms with Gasteiger partial charge in [0, 0.05) is 26.2 Å². The molecule has 0 aromatic carbocycles. The molecule has 0 bridgehead atoms. The predicted molar refractivity (Wildman–Crippen MR) is 135 cm³/mol. The zero-order valence-electron chi connectivity index (χ0n) is 23.4. The highest BCUT2D eigenvalue weighted by atomic mass is 16.6. The van der Waals surface area contributed by atoms with Gasteiger partial charge in [0.15, 0.2) is 12.5 Å². The molecule has 12 nitrogen and oxygen atoms in total. The number of amides is 2. The molecule has 4 unspecified atom stereocenters. The van der Waals surface area contributed by atoms with Crippen LogP contribution in [0.1, 0.15) is 80.1 Å². The smallest absolute Gasteiger partial charge is 0.419 e. The third kappa shape index (κ3) is 5.56. The standard InChI is InChI=1S/C26H42N4O8/c1-23(2,3)37-21(33)29-13-9-7-11-25(29)15-27-19(25)35-17(31)18(32)36-20-26(16-28-20)12-8-10-14-30(26)22(34)38-24(4,5)6/h19-20,27-28H,7-16H2,1-6H3. The summed E-state index contributed by atoms with van der Waals surface area (Å²) in [5.74, 6) is -2.31. The van der Waals surface area contributed by atoms with E-state index in [2.05, 4.69) is 10.6 Å². The van der Waals surface area contributed by atoms with Crippen molar-refractivity contribution in [2.45, 2.75) is 115 Å². The average molecular weight is 539 g/mol. The fraction of sp³-hybridized carbons (Fsp3) is 0.846. The summed E-state index contributed by atoms with van der Waals surface area (Å²) in [4.78, 5) is 54.7. The van der Waals surface area contributed by atoms with Gasteiger partial charge < -0.3 is 18.9 Å². The van der Waals surface area contributed by atoms with Crippen LogP contribution in [0, 0.1) is 0 Å². The maximum absolute atomic E-state index is 12.9. The van der Waals surface area contributed by atoms with Crippen molar-refractivity contribution in [2.75, 3.05) is 26.2 Å². The van der Waals surface area contributed by atoms with Crippen LogP contribution in [-0.2, 0) is 28.5 Å². The highest BCUT2D eigenvalue weighted by Gasteiger charge is 2.59. The molecule has 4 atom stereocenters. The van der Waals surface area contributed by atoms with Crippen LogP contribution < -0.4 is 10.6 Å². The summed E-state index contributed by atoms with van der Waals surface area (Å²) in [6, 6.07) is 0. The molecule has 4 rings (SSSR count). The van der Waals surface area contributed by atoms with E-state index in [9.17, 15) is 19.2 Å². The number of esters is 2. The minimum atomic E-state index is -1.15. The summed E-state index contributed by atoms with van der Waals surface area (Å²) in [5.41, 5.74) is -2.88. The molecule has 4 aliphatic heterocycles. The molecule has 0 aromatic heterocycles. The van der Waals surface area contributed by atoms with Gasteiger partial charge in [-0.1, -0.05) is 0 Å². The first kappa shape index (κ1) is 28.4. The molecule has 0 aliphatic carbocycles. The van der Waals surface area contributed by atoms with Crippen molar-refractivity contribution >= 4 is 24.1 Å². The molecule has 12 heteroatoms. The van der Waals surface area contributed by atoms with E-state index in [0.29, 0.717) is 39.0 Å². The third-order valence-corrected chi connectivity index (χ3v) is 7.57. The maximum Gasteiger partial charge on any atom is 0.419 e. The molecule has 38 heavy (non-hydrogen) atoms. The van der Waals surface area contributed by atoms with Crippen LogP contribution in [0.2, 0.25) is 0 Å². The van der Waals surface area contributed by atoms with Gasteiger partial charge in [0.05, 0.1) is 0 Å². The van der Waals surface area contributed by atoms with Gasteiger partial charge in [-0.3, -0.25) is 20.4 Å². The van der Waals surface area contributed by atoms with E-state index in [-0.39, 0.29) is 0 Å². The van der Waals surface area contributed by atoms with Gasteiger partial charge >= 0.3 is 24.1 Å². The number of hydrogen-bond acceptors (Lipinski definition) is 10. The average Bonchev–Trinajstić information content (AvgIpc) is 2.81. The van der Waals surface area contributed by atoms with Crippen LogP contribution in [0.25, 0.3) is 0 Å². The maximum atomic E-state index is 12.9. The van der Waals surface area contributed by atoms with Crippen LogP contribution >= 0.6 is 0 Å². The molecule has 4 aliphatic rings. The van der Waals surface area contributed by atoms with E-state index in [1.54, 1.807) is 51.3 Å². The molecule has 214 valence electrons. The Balaban J connectivity index is 1.39. The van der Waals surface area contributed by atoms with E-state index < -0.39 is 58.9 Å². The number of ether oxygens (including phenoxy) is 4. The summed E-state index contributed by atoms with van der Waals surface area (Å²) in [6.07, 6.45) is 1.92. The highest BCUT2D eigenvalue weighted by molar-refractivity contribution is 6.29. The van der Waals surface area contributed by atoms with Crippen molar-refractivity contribution in [1.29, 1.82) is 0 Å². The van der Waals surface area contributed by atoms with Crippen molar-refractivity contribution in [3.05, 3.63) is 0 Å². The lowest BCUT2D eigenvalue weighted by Gasteiger charge is -2.57. The van der Waals surface area contributed by atoms with E-state index >= 15 is 0 Å². The fourth-order valence-electron chi connectivity index (χ4n) is 5.67. The molecule has 0 radical (unpaired) electrons. The number of rotatable bonds is 2. The predicted octanol–water partition coefficient (Wildman–Crippen LogP) is 2.25. The second kappa shape index (κ2) is 10.2. The minimum Gasteiger partial charge on any atom is -0.444 e. The van der Waals surface area contributed by atoms with E-state index in [1.807, 2.05) is 0 Å². The minimum absolute atomic E-state index is 0.428. The topological polar surface area (TPSA) is 136 Å². The molecule has 2 amide bonds. The first-order valence-electron chi connectivity index (χ1n) is 13.6. The van der Waals surface area contributed by atoms with E-state index in [0.717, 1.165) is 25.7 Å². The number of likely N-dealkylation sites (tertiary alicyclic amines) is 2. The quantitative estimate of drug-likeness (QED) is 0.306. The Morgan fingerprint density at radius 1 is 0.658 bits per heavy atom. The van der Waals surface area contributed by atoms with Gasteiger partial charge in [0.1, 0.15) is 22.3 Å². The van der Waals surface area contributed by atoms with Gasteiger partial charge in [0.25, 0.3) is 0 Å². The zero-order valence-corrected chi connectivity index (χ0v) is 23.4. The summed E-state index contributed by atoms with van der Waals surface area (Å²) in [5, 5.41) is 6.07. The Morgan fingerprint density at radius 2 is 1.03 bits per heavy atom. The SMILES string of the molecule is CC(C)(C)OC(=O)N1CCCCC12CNC2OC(=O)C(=O)OC1NCC12CCCCN2C(=O)OC(C)(C)C. The third-order valence-electron chi connectivity index (χ3n) is 7.57.